The summed E-state index contributed by atoms with van der Waals surface area (Å²) in [6, 6.07) is 11.3. The van der Waals surface area contributed by atoms with Crippen molar-refractivity contribution in [1.29, 1.82) is 0 Å². The van der Waals surface area contributed by atoms with Crippen LogP contribution in [0.1, 0.15) is 35.7 Å². The van der Waals surface area contributed by atoms with E-state index in [9.17, 15) is 14.0 Å². The Balaban J connectivity index is 1.95. The van der Waals surface area contributed by atoms with Crippen LogP contribution in [0.15, 0.2) is 42.5 Å². The number of halogens is 1. The lowest BCUT2D eigenvalue weighted by Gasteiger charge is -2.21. The van der Waals surface area contributed by atoms with Crippen molar-refractivity contribution in [2.75, 3.05) is 33.9 Å². The molecule has 0 aliphatic carbocycles. The van der Waals surface area contributed by atoms with E-state index in [2.05, 4.69) is 5.32 Å². The van der Waals surface area contributed by atoms with Crippen LogP contribution in [0.25, 0.3) is 0 Å². The van der Waals surface area contributed by atoms with Crippen molar-refractivity contribution in [3.63, 3.8) is 0 Å². The molecule has 0 aromatic heterocycles. The third-order valence-electron chi connectivity index (χ3n) is 5.57. The van der Waals surface area contributed by atoms with Crippen LogP contribution in [0.2, 0.25) is 0 Å². The van der Waals surface area contributed by atoms with Crippen LogP contribution in [0.3, 0.4) is 0 Å². The molecule has 1 N–H and O–H groups in total. The lowest BCUT2D eigenvalue weighted by atomic mass is 9.87. The minimum absolute atomic E-state index is 0.00194. The molecule has 0 spiro atoms. The molecule has 0 bridgehead atoms. The van der Waals surface area contributed by atoms with Crippen molar-refractivity contribution >= 4 is 11.8 Å². The maximum Gasteiger partial charge on any atom is 0.256 e. The van der Waals surface area contributed by atoms with E-state index in [0.717, 1.165) is 5.56 Å². The van der Waals surface area contributed by atoms with E-state index in [1.807, 2.05) is 19.9 Å². The van der Waals surface area contributed by atoms with Crippen molar-refractivity contribution in [3.8, 4) is 11.5 Å². The molecule has 2 atom stereocenters. The fraction of sp³-hybridized carbons (Fsp3) is 0.417. The second-order valence-electron chi connectivity index (χ2n) is 8.15. The smallest absolute Gasteiger partial charge is 0.256 e. The SMILES string of the molecule is COc1ccc(OC)c([C@@H]2CN(C(=O)c3ccccc3F)C[C@H]2C(=O)NCC(C)C)c1. The summed E-state index contributed by atoms with van der Waals surface area (Å²) in [5, 5.41) is 2.98. The fourth-order valence-corrected chi connectivity index (χ4v) is 3.92. The van der Waals surface area contributed by atoms with Gasteiger partial charge in [-0.15, -0.1) is 0 Å². The summed E-state index contributed by atoms with van der Waals surface area (Å²) in [6.07, 6.45) is 0. The molecule has 2 amide bonds. The Morgan fingerprint density at radius 2 is 1.87 bits per heavy atom. The number of carbonyl (C=O) groups is 2. The predicted molar refractivity (Wildman–Crippen MR) is 116 cm³/mol. The zero-order valence-corrected chi connectivity index (χ0v) is 18.4. The highest BCUT2D eigenvalue weighted by Crippen LogP contribution is 2.40. The number of nitrogens with one attached hydrogen (secondary N) is 1. The van der Waals surface area contributed by atoms with E-state index in [1.165, 1.54) is 12.1 Å². The minimum Gasteiger partial charge on any atom is -0.497 e. The van der Waals surface area contributed by atoms with Gasteiger partial charge in [0.1, 0.15) is 17.3 Å². The largest absolute Gasteiger partial charge is 0.497 e. The van der Waals surface area contributed by atoms with E-state index >= 15 is 0 Å². The van der Waals surface area contributed by atoms with E-state index in [-0.39, 0.29) is 30.5 Å². The highest BCUT2D eigenvalue weighted by atomic mass is 19.1. The van der Waals surface area contributed by atoms with Gasteiger partial charge in [-0.05, 0) is 36.2 Å². The van der Waals surface area contributed by atoms with Crippen LogP contribution in [-0.2, 0) is 4.79 Å². The highest BCUT2D eigenvalue weighted by Gasteiger charge is 2.42. The average molecular weight is 429 g/mol. The van der Waals surface area contributed by atoms with Crippen LogP contribution in [0, 0.1) is 17.7 Å². The second-order valence-corrected chi connectivity index (χ2v) is 8.15. The number of rotatable bonds is 7. The molecule has 0 saturated carbocycles. The average Bonchev–Trinajstić information content (AvgIpc) is 3.22. The molecule has 6 nitrogen and oxygen atoms in total. The molecule has 1 aliphatic heterocycles. The van der Waals surface area contributed by atoms with Gasteiger partial charge < -0.3 is 19.7 Å². The predicted octanol–water partition coefficient (Wildman–Crippen LogP) is 3.47. The molecule has 0 radical (unpaired) electrons. The summed E-state index contributed by atoms with van der Waals surface area (Å²) in [6.45, 7) is 5.05. The summed E-state index contributed by atoms with van der Waals surface area (Å²) >= 11 is 0. The molecule has 1 aliphatic rings. The number of likely N-dealkylation sites (tertiary alicyclic amines) is 1. The van der Waals surface area contributed by atoms with Crippen molar-refractivity contribution in [3.05, 3.63) is 59.4 Å². The lowest BCUT2D eigenvalue weighted by Crippen LogP contribution is -2.37. The van der Waals surface area contributed by atoms with Crippen LogP contribution in [0.4, 0.5) is 4.39 Å². The van der Waals surface area contributed by atoms with E-state index in [0.29, 0.717) is 24.0 Å². The number of carbonyl (C=O) groups excluding carboxylic acids is 2. The summed E-state index contributed by atoms with van der Waals surface area (Å²) < 4.78 is 25.1. The van der Waals surface area contributed by atoms with E-state index < -0.39 is 17.6 Å². The number of amides is 2. The third kappa shape index (κ3) is 4.98. The van der Waals surface area contributed by atoms with Gasteiger partial charge >= 0.3 is 0 Å². The Labute approximate surface area is 182 Å². The van der Waals surface area contributed by atoms with Gasteiger partial charge in [0.05, 0.1) is 25.7 Å². The van der Waals surface area contributed by atoms with Gasteiger partial charge in [0.15, 0.2) is 0 Å². The topological polar surface area (TPSA) is 67.9 Å². The monoisotopic (exact) mass is 428 g/mol. The Morgan fingerprint density at radius 3 is 2.52 bits per heavy atom. The first-order valence-electron chi connectivity index (χ1n) is 10.4. The molecule has 0 unspecified atom stereocenters. The van der Waals surface area contributed by atoms with Crippen molar-refractivity contribution in [1.82, 2.24) is 10.2 Å². The molecule has 2 aromatic rings. The summed E-state index contributed by atoms with van der Waals surface area (Å²) in [5.41, 5.74) is 0.789. The van der Waals surface area contributed by atoms with Crippen LogP contribution >= 0.6 is 0 Å². The number of benzene rings is 2. The Hall–Kier alpha value is -3.09. The van der Waals surface area contributed by atoms with Crippen LogP contribution in [0.5, 0.6) is 11.5 Å². The molecule has 7 heteroatoms. The number of ether oxygens (including phenoxy) is 2. The lowest BCUT2D eigenvalue weighted by molar-refractivity contribution is -0.125. The van der Waals surface area contributed by atoms with Crippen LogP contribution < -0.4 is 14.8 Å². The van der Waals surface area contributed by atoms with Crippen molar-refractivity contribution in [2.45, 2.75) is 19.8 Å². The molecule has 166 valence electrons. The van der Waals surface area contributed by atoms with E-state index in [4.69, 9.17) is 9.47 Å². The summed E-state index contributed by atoms with van der Waals surface area (Å²) in [5.74, 6) is -0.384. The van der Waals surface area contributed by atoms with Crippen molar-refractivity contribution in [2.24, 2.45) is 11.8 Å². The van der Waals surface area contributed by atoms with E-state index in [1.54, 1.807) is 43.4 Å². The third-order valence-corrected chi connectivity index (χ3v) is 5.57. The Morgan fingerprint density at radius 1 is 1.13 bits per heavy atom. The standard InChI is InChI=1S/C24H29FN2O4/c1-15(2)12-26-23(28)20-14-27(24(29)17-7-5-6-8-21(17)25)13-19(20)18-11-16(30-3)9-10-22(18)31-4/h5-11,15,19-20H,12-14H2,1-4H3,(H,26,28)/t19-,20+/m0/s1. The van der Waals surface area contributed by atoms with Gasteiger partial charge in [-0.2, -0.15) is 0 Å². The zero-order valence-electron chi connectivity index (χ0n) is 18.4. The number of nitrogens with zero attached hydrogens (tertiary/aromatic N) is 1. The molecule has 1 saturated heterocycles. The maximum absolute atomic E-state index is 14.2. The number of hydrogen-bond acceptors (Lipinski definition) is 4. The van der Waals surface area contributed by atoms with Gasteiger partial charge in [0.25, 0.3) is 5.91 Å². The molecule has 31 heavy (non-hydrogen) atoms. The first-order chi connectivity index (χ1) is 14.8. The molecule has 2 aromatic carbocycles. The second kappa shape index (κ2) is 9.81. The van der Waals surface area contributed by atoms with Gasteiger partial charge in [0.2, 0.25) is 5.91 Å². The van der Waals surface area contributed by atoms with Crippen molar-refractivity contribution < 1.29 is 23.5 Å². The van der Waals surface area contributed by atoms with Gasteiger partial charge in [0, 0.05) is 31.1 Å². The summed E-state index contributed by atoms with van der Waals surface area (Å²) in [7, 11) is 3.14. The first-order valence-corrected chi connectivity index (χ1v) is 10.4. The fourth-order valence-electron chi connectivity index (χ4n) is 3.92. The molecule has 1 heterocycles. The molecular formula is C24H29FN2O4. The number of hydrogen-bond donors (Lipinski definition) is 1. The zero-order chi connectivity index (χ0) is 22.5. The van der Waals surface area contributed by atoms with Gasteiger partial charge in [-0.1, -0.05) is 26.0 Å². The quantitative estimate of drug-likeness (QED) is 0.733. The van der Waals surface area contributed by atoms with Gasteiger partial charge in [-0.25, -0.2) is 4.39 Å². The Bertz CT molecular complexity index is 947. The van der Waals surface area contributed by atoms with Crippen LogP contribution in [-0.4, -0.2) is 50.6 Å². The normalized spacial score (nSPS) is 18.2. The molecular weight excluding hydrogens is 399 g/mol. The molecule has 3 rings (SSSR count). The first kappa shape index (κ1) is 22.6. The summed E-state index contributed by atoms with van der Waals surface area (Å²) in [4.78, 5) is 27.7. The Kier molecular flexibility index (Phi) is 7.15. The van der Waals surface area contributed by atoms with Gasteiger partial charge in [-0.3, -0.25) is 9.59 Å². The minimum atomic E-state index is -0.573. The highest BCUT2D eigenvalue weighted by molar-refractivity contribution is 5.95. The number of methoxy groups -OCH3 is 2. The molecule has 1 fully saturated rings. The maximum atomic E-state index is 14.2.